The van der Waals surface area contributed by atoms with Crippen molar-refractivity contribution in [3.05, 3.63) is 56.0 Å². The molecule has 2 aromatic carbocycles. The smallest absolute Gasteiger partial charge is 0.311 e. The molecule has 2 N–H and O–H groups in total. The van der Waals surface area contributed by atoms with E-state index < -0.39 is 17.4 Å². The molecule has 28 heavy (non-hydrogen) atoms. The van der Waals surface area contributed by atoms with Crippen molar-refractivity contribution in [1.29, 1.82) is 0 Å². The van der Waals surface area contributed by atoms with Crippen LogP contribution >= 0.6 is 15.9 Å². The van der Waals surface area contributed by atoms with Gasteiger partial charge in [0.2, 0.25) is 0 Å². The van der Waals surface area contributed by atoms with E-state index in [4.69, 9.17) is 9.47 Å². The Morgan fingerprint density at radius 3 is 2.75 bits per heavy atom. The fourth-order valence-corrected chi connectivity index (χ4v) is 2.65. The first kappa shape index (κ1) is 21.2. The molecule has 9 nitrogen and oxygen atoms in total. The molecule has 0 heterocycles. The zero-order chi connectivity index (χ0) is 20.7. The Balaban J connectivity index is 1.99. The number of hydrazone groups is 1. The van der Waals surface area contributed by atoms with E-state index in [9.17, 15) is 20.0 Å². The van der Waals surface area contributed by atoms with Crippen LogP contribution in [-0.4, -0.2) is 35.4 Å². The van der Waals surface area contributed by atoms with E-state index in [0.29, 0.717) is 22.2 Å². The number of nitrogens with one attached hydrogen (secondary N) is 1. The lowest BCUT2D eigenvalue weighted by atomic mass is 10.2. The molecule has 0 unspecified atom stereocenters. The van der Waals surface area contributed by atoms with Crippen molar-refractivity contribution in [2.24, 2.45) is 5.10 Å². The molecule has 10 heteroatoms. The maximum absolute atomic E-state index is 11.9. The van der Waals surface area contributed by atoms with E-state index in [0.717, 1.165) is 0 Å². The summed E-state index contributed by atoms with van der Waals surface area (Å²) in [5.74, 6) is -0.472. The lowest BCUT2D eigenvalue weighted by Gasteiger charge is -2.09. The summed E-state index contributed by atoms with van der Waals surface area (Å²) in [5.41, 5.74) is 3.03. The van der Waals surface area contributed by atoms with Crippen LogP contribution in [0.25, 0.3) is 0 Å². The van der Waals surface area contributed by atoms with Gasteiger partial charge in [-0.15, -0.1) is 0 Å². The number of rotatable bonds is 8. The number of nitro groups is 1. The van der Waals surface area contributed by atoms with E-state index in [1.807, 2.05) is 0 Å². The van der Waals surface area contributed by atoms with Crippen LogP contribution in [0.15, 0.2) is 39.9 Å². The molecule has 0 spiro atoms. The number of ether oxygens (including phenoxy) is 2. The van der Waals surface area contributed by atoms with Gasteiger partial charge in [-0.25, -0.2) is 5.43 Å². The Bertz CT molecular complexity index is 916. The summed E-state index contributed by atoms with van der Waals surface area (Å²) in [6, 6.07) is 7.64. The van der Waals surface area contributed by atoms with Crippen molar-refractivity contribution in [2.45, 2.75) is 13.8 Å². The second-order valence-electron chi connectivity index (χ2n) is 5.58. The number of phenols is 1. The average molecular weight is 452 g/mol. The molecule has 0 radical (unpaired) electrons. The lowest BCUT2D eigenvalue weighted by Crippen LogP contribution is -2.24. The van der Waals surface area contributed by atoms with Gasteiger partial charge in [-0.2, -0.15) is 5.10 Å². The second kappa shape index (κ2) is 9.70. The third-order valence-corrected chi connectivity index (χ3v) is 3.89. The molecule has 0 saturated carbocycles. The van der Waals surface area contributed by atoms with Gasteiger partial charge in [0.05, 0.1) is 17.7 Å². The standard InChI is InChI=1S/C18H18BrN3O6/c1-3-27-16-8-13(19)7-12(18(16)24)9-20-21-17(23)10-28-15-5-4-11(2)6-14(15)22(25)26/h4-9,24H,3,10H2,1-2H3,(H,21,23)/b20-9-. The molecule has 0 aliphatic heterocycles. The number of nitro benzene ring substituents is 1. The maximum atomic E-state index is 11.9. The maximum Gasteiger partial charge on any atom is 0.311 e. The quantitative estimate of drug-likeness (QED) is 0.360. The highest BCUT2D eigenvalue weighted by atomic mass is 79.9. The summed E-state index contributed by atoms with van der Waals surface area (Å²) in [6.45, 7) is 3.41. The predicted octanol–water partition coefficient (Wildman–Crippen LogP) is 3.30. The molecule has 0 bridgehead atoms. The molecule has 148 valence electrons. The number of hydrogen-bond donors (Lipinski definition) is 2. The zero-order valence-electron chi connectivity index (χ0n) is 15.1. The van der Waals surface area contributed by atoms with Gasteiger partial charge in [-0.1, -0.05) is 22.0 Å². The zero-order valence-corrected chi connectivity index (χ0v) is 16.7. The van der Waals surface area contributed by atoms with E-state index in [1.54, 1.807) is 32.0 Å². The van der Waals surface area contributed by atoms with Crippen molar-refractivity contribution < 1.29 is 24.3 Å². The Kier molecular flexibility index (Phi) is 7.33. The molecule has 0 aliphatic carbocycles. The summed E-state index contributed by atoms with van der Waals surface area (Å²) in [7, 11) is 0. The van der Waals surface area contributed by atoms with Crippen LogP contribution < -0.4 is 14.9 Å². The Hall–Kier alpha value is -3.14. The fraction of sp³-hybridized carbons (Fsp3) is 0.222. The summed E-state index contributed by atoms with van der Waals surface area (Å²) < 4.78 is 11.2. The summed E-state index contributed by atoms with van der Waals surface area (Å²) in [6.07, 6.45) is 1.24. The molecule has 0 fully saturated rings. The lowest BCUT2D eigenvalue weighted by molar-refractivity contribution is -0.385. The molecular weight excluding hydrogens is 434 g/mol. The summed E-state index contributed by atoms with van der Waals surface area (Å²) in [4.78, 5) is 22.3. The minimum Gasteiger partial charge on any atom is -0.504 e. The number of carbonyl (C=O) groups excluding carboxylic acids is 1. The van der Waals surface area contributed by atoms with Crippen LogP contribution in [0, 0.1) is 17.0 Å². The Morgan fingerprint density at radius 2 is 2.07 bits per heavy atom. The average Bonchev–Trinajstić information content (AvgIpc) is 2.64. The van der Waals surface area contributed by atoms with E-state index in [1.165, 1.54) is 18.3 Å². The SMILES string of the molecule is CCOc1cc(Br)cc(/C=N\NC(=O)COc2ccc(C)cc2[N+](=O)[O-])c1O. The van der Waals surface area contributed by atoms with Crippen LogP contribution in [0.5, 0.6) is 17.2 Å². The molecular formula is C18H18BrN3O6. The molecule has 1 amide bonds. The highest BCUT2D eigenvalue weighted by Gasteiger charge is 2.16. The van der Waals surface area contributed by atoms with Crippen LogP contribution in [0.4, 0.5) is 5.69 Å². The first-order valence-corrected chi connectivity index (χ1v) is 8.96. The molecule has 0 atom stereocenters. The van der Waals surface area contributed by atoms with Crippen molar-refractivity contribution in [3.63, 3.8) is 0 Å². The number of halogens is 1. The molecule has 2 rings (SSSR count). The number of nitrogens with zero attached hydrogens (tertiary/aromatic N) is 2. The molecule has 0 aromatic heterocycles. The minimum atomic E-state index is -0.620. The Labute approximate surface area is 169 Å². The molecule has 0 aliphatic rings. The third-order valence-electron chi connectivity index (χ3n) is 3.43. The highest BCUT2D eigenvalue weighted by molar-refractivity contribution is 9.10. The monoisotopic (exact) mass is 451 g/mol. The van der Waals surface area contributed by atoms with Gasteiger partial charge in [-0.05, 0) is 37.6 Å². The number of carbonyl (C=O) groups is 1. The topological polar surface area (TPSA) is 123 Å². The van der Waals surface area contributed by atoms with Gasteiger partial charge in [0.15, 0.2) is 23.9 Å². The van der Waals surface area contributed by atoms with Crippen molar-refractivity contribution in [1.82, 2.24) is 5.43 Å². The van der Waals surface area contributed by atoms with Crippen LogP contribution in [0.3, 0.4) is 0 Å². The number of phenolic OH excluding ortho intramolecular Hbond substituents is 1. The third kappa shape index (κ3) is 5.68. The van der Waals surface area contributed by atoms with Crippen LogP contribution in [0.1, 0.15) is 18.1 Å². The molecule has 2 aromatic rings. The number of hydrogen-bond acceptors (Lipinski definition) is 7. The van der Waals surface area contributed by atoms with Crippen molar-refractivity contribution in [3.8, 4) is 17.2 Å². The normalized spacial score (nSPS) is 10.7. The van der Waals surface area contributed by atoms with Gasteiger partial charge >= 0.3 is 5.69 Å². The number of aryl methyl sites for hydroxylation is 1. The summed E-state index contributed by atoms with van der Waals surface area (Å²) in [5, 5.41) is 24.9. The van der Waals surface area contributed by atoms with Gasteiger partial charge in [0.25, 0.3) is 5.91 Å². The number of benzene rings is 2. The van der Waals surface area contributed by atoms with Gasteiger partial charge in [0, 0.05) is 16.1 Å². The minimum absolute atomic E-state index is 0.0132. The molecule has 0 saturated heterocycles. The van der Waals surface area contributed by atoms with Crippen LogP contribution in [0.2, 0.25) is 0 Å². The highest BCUT2D eigenvalue weighted by Crippen LogP contribution is 2.33. The summed E-state index contributed by atoms with van der Waals surface area (Å²) >= 11 is 3.30. The van der Waals surface area contributed by atoms with Gasteiger partial charge in [-0.3, -0.25) is 14.9 Å². The van der Waals surface area contributed by atoms with Gasteiger partial charge in [0.1, 0.15) is 0 Å². The van der Waals surface area contributed by atoms with E-state index in [-0.39, 0.29) is 22.9 Å². The second-order valence-corrected chi connectivity index (χ2v) is 6.50. The van der Waals surface area contributed by atoms with E-state index in [2.05, 4.69) is 26.5 Å². The van der Waals surface area contributed by atoms with E-state index >= 15 is 0 Å². The van der Waals surface area contributed by atoms with Crippen molar-refractivity contribution in [2.75, 3.05) is 13.2 Å². The predicted molar refractivity (Wildman–Crippen MR) is 106 cm³/mol. The first-order chi connectivity index (χ1) is 13.3. The largest absolute Gasteiger partial charge is 0.504 e. The number of aromatic hydroxyl groups is 1. The fourth-order valence-electron chi connectivity index (χ4n) is 2.20. The first-order valence-electron chi connectivity index (χ1n) is 8.16. The Morgan fingerprint density at radius 1 is 1.32 bits per heavy atom. The van der Waals surface area contributed by atoms with Crippen LogP contribution in [-0.2, 0) is 4.79 Å². The number of amides is 1. The van der Waals surface area contributed by atoms with Crippen molar-refractivity contribution >= 4 is 33.7 Å². The van der Waals surface area contributed by atoms with Gasteiger partial charge < -0.3 is 14.6 Å².